The predicted octanol–water partition coefficient (Wildman–Crippen LogP) is 11.0. The average molecular weight is 906 g/mol. The van der Waals surface area contributed by atoms with Crippen molar-refractivity contribution in [1.29, 1.82) is 0 Å². The lowest BCUT2D eigenvalue weighted by molar-refractivity contribution is -0.357. The van der Waals surface area contributed by atoms with Crippen LogP contribution in [0.15, 0.2) is 42.5 Å². The Morgan fingerprint density at radius 2 is 1.22 bits per heavy atom. The van der Waals surface area contributed by atoms with Crippen molar-refractivity contribution in [2.75, 3.05) is 13.2 Å². The number of aliphatic hydroxyl groups excluding tert-OH is 2. The number of benzene rings is 1. The fourth-order valence-corrected chi connectivity index (χ4v) is 8.05. The van der Waals surface area contributed by atoms with Crippen molar-refractivity contribution in [2.45, 2.75) is 230 Å². The van der Waals surface area contributed by atoms with E-state index in [1.165, 1.54) is 116 Å². The van der Waals surface area contributed by atoms with Crippen LogP contribution in [0.3, 0.4) is 0 Å². The van der Waals surface area contributed by atoms with Gasteiger partial charge in [-0.15, -0.1) is 0 Å². The van der Waals surface area contributed by atoms with E-state index in [-0.39, 0.29) is 12.3 Å². The summed E-state index contributed by atoms with van der Waals surface area (Å²) in [4.78, 5) is 49.8. The number of ether oxygens (including phenoxy) is 5. The molecule has 14 nitrogen and oxygen atoms in total. The van der Waals surface area contributed by atoms with Crippen molar-refractivity contribution in [1.82, 2.24) is 5.32 Å². The topological polar surface area (TPSA) is 207 Å². The Balaban J connectivity index is 2.17. The molecule has 14 heteroatoms. The van der Waals surface area contributed by atoms with E-state index in [2.05, 4.69) is 23.9 Å². The molecule has 0 bridgehead atoms. The minimum absolute atomic E-state index is 0.216. The van der Waals surface area contributed by atoms with Gasteiger partial charge in [-0.05, 0) is 44.4 Å². The molecular formula is C50H83NO13. The molecule has 7 atom stereocenters. The molecule has 1 amide bonds. The van der Waals surface area contributed by atoms with Gasteiger partial charge in [0.2, 0.25) is 5.91 Å². The Morgan fingerprint density at radius 3 is 1.72 bits per heavy atom. The summed E-state index contributed by atoms with van der Waals surface area (Å²) < 4.78 is 27.5. The Hall–Kier alpha value is -3.72. The van der Waals surface area contributed by atoms with Gasteiger partial charge in [0.1, 0.15) is 31.0 Å². The fourth-order valence-electron chi connectivity index (χ4n) is 8.05. The van der Waals surface area contributed by atoms with E-state index < -0.39 is 73.8 Å². The van der Waals surface area contributed by atoms with Crippen molar-refractivity contribution >= 4 is 24.2 Å². The number of hydrogen-bond acceptors (Lipinski definition) is 11. The highest BCUT2D eigenvalue weighted by Gasteiger charge is 2.54. The standard InChI is InChI=1S/C50H83NO13/c1-4-6-8-10-12-14-16-18-20-22-24-26-31-35-41(62-47(55)39-33-29-28-30-34-39)40(51-43(52)36-32-27-25-23-21-19-17-15-13-11-9-7-5-2)37-61-50(3)46(54)44(53)45(63-49(58)59)42(64-50)38-60-48(56)57/h28-31,33-35,40-42,44-46,53-54H,4-27,32,36-38H2,1-3H3,(H,51,52)(H,56,57)(H,58,59)/t40-,41+,42+,44-,45-,46+,50-/m0/s1. The maximum atomic E-state index is 13.6. The quantitative estimate of drug-likeness (QED) is 0.0182. The summed E-state index contributed by atoms with van der Waals surface area (Å²) in [5.41, 5.74) is 0.302. The third-order valence-electron chi connectivity index (χ3n) is 11.9. The van der Waals surface area contributed by atoms with Crippen LogP contribution in [0, 0.1) is 0 Å². The summed E-state index contributed by atoms with van der Waals surface area (Å²) in [5, 5.41) is 43.6. The van der Waals surface area contributed by atoms with Gasteiger partial charge in [0, 0.05) is 6.42 Å². The van der Waals surface area contributed by atoms with Crippen LogP contribution >= 0.6 is 0 Å². The number of amides is 1. The fraction of sp³-hybridized carbons (Fsp3) is 0.760. The number of unbranched alkanes of at least 4 members (excludes halogenated alkanes) is 23. The van der Waals surface area contributed by atoms with Crippen LogP contribution in [0.2, 0.25) is 0 Å². The van der Waals surface area contributed by atoms with Crippen molar-refractivity contribution in [3.8, 4) is 0 Å². The number of carbonyl (C=O) groups excluding carboxylic acids is 2. The lowest BCUT2D eigenvalue weighted by Gasteiger charge is -2.47. The number of esters is 1. The van der Waals surface area contributed by atoms with Crippen LogP contribution < -0.4 is 5.32 Å². The summed E-state index contributed by atoms with van der Waals surface area (Å²) in [6.45, 7) is 4.58. The smallest absolute Gasteiger partial charge is 0.452 e. The van der Waals surface area contributed by atoms with Crippen molar-refractivity contribution in [2.24, 2.45) is 0 Å². The van der Waals surface area contributed by atoms with Crippen LogP contribution in [-0.4, -0.2) is 100 Å². The van der Waals surface area contributed by atoms with Gasteiger partial charge in [-0.1, -0.05) is 179 Å². The Labute approximate surface area is 383 Å². The second-order valence-electron chi connectivity index (χ2n) is 17.5. The van der Waals surface area contributed by atoms with Crippen LogP contribution in [-0.2, 0) is 28.5 Å². The molecule has 2 rings (SSSR count). The number of carboxylic acid groups (broad SMARTS) is 2. The van der Waals surface area contributed by atoms with Crippen molar-refractivity contribution in [3.63, 3.8) is 0 Å². The SMILES string of the molecule is CCCCCCCCCCCCCC=C[C@@H](OC(=O)c1ccccc1)[C@H](CO[C@@]1(C)O[C@H](COC(=O)O)[C@H](OC(=O)O)[C@H](O)[C@H]1O)NC(=O)CCCCCCCCCCCCCCC. The molecule has 0 aliphatic carbocycles. The molecule has 0 radical (unpaired) electrons. The number of rotatable bonds is 37. The maximum Gasteiger partial charge on any atom is 0.506 e. The number of carbonyl (C=O) groups is 4. The van der Waals surface area contributed by atoms with Crippen molar-refractivity contribution < 1.29 is 63.3 Å². The first-order valence-electron chi connectivity index (χ1n) is 24.6. The third-order valence-corrected chi connectivity index (χ3v) is 11.9. The molecule has 64 heavy (non-hydrogen) atoms. The number of allylic oxidation sites excluding steroid dienone is 1. The summed E-state index contributed by atoms with van der Waals surface area (Å²) in [5.74, 6) is -3.01. The normalized spacial score (nSPS) is 20.7. The first-order chi connectivity index (χ1) is 30.9. The Kier molecular flexibility index (Phi) is 30.5. The summed E-state index contributed by atoms with van der Waals surface area (Å²) in [6.07, 6.45) is 21.4. The molecule has 0 saturated carbocycles. The summed E-state index contributed by atoms with van der Waals surface area (Å²) in [6, 6.07) is 7.44. The molecule has 1 saturated heterocycles. The second-order valence-corrected chi connectivity index (χ2v) is 17.5. The van der Waals surface area contributed by atoms with Crippen LogP contribution in [0.1, 0.15) is 198 Å². The first kappa shape index (κ1) is 56.4. The van der Waals surface area contributed by atoms with Gasteiger partial charge < -0.3 is 49.4 Å². The molecule has 5 N–H and O–H groups in total. The molecule has 366 valence electrons. The molecule has 0 unspecified atom stereocenters. The Morgan fingerprint density at radius 1 is 0.719 bits per heavy atom. The summed E-state index contributed by atoms with van der Waals surface area (Å²) >= 11 is 0. The van der Waals surface area contributed by atoms with E-state index in [1.807, 2.05) is 6.08 Å². The molecule has 1 aromatic carbocycles. The average Bonchev–Trinajstić information content (AvgIpc) is 3.27. The highest BCUT2D eigenvalue weighted by Crippen LogP contribution is 2.33. The largest absolute Gasteiger partial charge is 0.506 e. The number of nitrogens with one attached hydrogen (secondary N) is 1. The predicted molar refractivity (Wildman–Crippen MR) is 246 cm³/mol. The molecular weight excluding hydrogens is 823 g/mol. The molecule has 0 spiro atoms. The highest BCUT2D eigenvalue weighted by atomic mass is 16.7. The summed E-state index contributed by atoms with van der Waals surface area (Å²) in [7, 11) is 0. The molecule has 1 fully saturated rings. The van der Waals surface area contributed by atoms with Gasteiger partial charge in [-0.25, -0.2) is 14.4 Å². The second kappa shape index (κ2) is 34.6. The zero-order valence-electron chi connectivity index (χ0n) is 39.3. The Bertz CT molecular complexity index is 1430. The molecule has 1 heterocycles. The zero-order valence-corrected chi connectivity index (χ0v) is 39.3. The van der Waals surface area contributed by atoms with Gasteiger partial charge in [-0.3, -0.25) is 4.79 Å². The van der Waals surface area contributed by atoms with Gasteiger partial charge in [0.15, 0.2) is 11.9 Å². The lowest BCUT2D eigenvalue weighted by Crippen LogP contribution is -2.66. The van der Waals surface area contributed by atoms with Gasteiger partial charge in [0.25, 0.3) is 0 Å². The maximum absolute atomic E-state index is 13.6. The van der Waals surface area contributed by atoms with Gasteiger partial charge >= 0.3 is 18.3 Å². The third kappa shape index (κ3) is 24.5. The van der Waals surface area contributed by atoms with E-state index in [9.17, 15) is 34.5 Å². The number of hydrogen-bond donors (Lipinski definition) is 5. The van der Waals surface area contributed by atoms with Gasteiger partial charge in [-0.2, -0.15) is 0 Å². The van der Waals surface area contributed by atoms with E-state index >= 15 is 0 Å². The van der Waals surface area contributed by atoms with Crippen LogP contribution in [0.25, 0.3) is 0 Å². The monoisotopic (exact) mass is 906 g/mol. The first-order valence-corrected chi connectivity index (χ1v) is 24.6. The van der Waals surface area contributed by atoms with Crippen molar-refractivity contribution in [3.05, 3.63) is 48.0 Å². The van der Waals surface area contributed by atoms with E-state index in [0.717, 1.165) is 38.5 Å². The van der Waals surface area contributed by atoms with E-state index in [0.29, 0.717) is 18.4 Å². The minimum Gasteiger partial charge on any atom is -0.452 e. The van der Waals surface area contributed by atoms with Crippen LogP contribution in [0.4, 0.5) is 9.59 Å². The molecule has 0 aromatic heterocycles. The zero-order chi connectivity index (χ0) is 46.8. The lowest BCUT2D eigenvalue weighted by atomic mass is 9.93. The van der Waals surface area contributed by atoms with Gasteiger partial charge in [0.05, 0.1) is 18.2 Å². The highest BCUT2D eigenvalue weighted by molar-refractivity contribution is 5.89. The molecule has 1 aliphatic rings. The van der Waals surface area contributed by atoms with Crippen LogP contribution in [0.5, 0.6) is 0 Å². The van der Waals surface area contributed by atoms with E-state index in [1.54, 1.807) is 36.4 Å². The molecule has 1 aromatic rings. The molecule has 1 aliphatic heterocycles. The number of aliphatic hydroxyl groups is 2. The van der Waals surface area contributed by atoms with E-state index in [4.69, 9.17) is 24.1 Å². The minimum atomic E-state index is -2.09.